The van der Waals surface area contributed by atoms with Crippen LogP contribution in [0.5, 0.6) is 0 Å². The summed E-state index contributed by atoms with van der Waals surface area (Å²) in [5.74, 6) is -0.0667. The molecule has 1 aliphatic rings. The summed E-state index contributed by atoms with van der Waals surface area (Å²) >= 11 is 0. The molecule has 1 aliphatic heterocycles. The fourth-order valence-electron chi connectivity index (χ4n) is 2.81. The van der Waals surface area contributed by atoms with Crippen LogP contribution in [-0.4, -0.2) is 28.0 Å². The molecule has 1 fully saturated rings. The van der Waals surface area contributed by atoms with E-state index in [0.29, 0.717) is 6.61 Å². The molecule has 0 spiro atoms. The zero-order valence-electron chi connectivity index (χ0n) is 12.6. The van der Waals surface area contributed by atoms with E-state index in [1.165, 1.54) is 0 Å². The van der Waals surface area contributed by atoms with Crippen molar-refractivity contribution in [3.8, 4) is 11.3 Å². The van der Waals surface area contributed by atoms with E-state index in [0.717, 1.165) is 35.4 Å². The molecule has 0 radical (unpaired) electrons. The van der Waals surface area contributed by atoms with Gasteiger partial charge in [-0.3, -0.25) is 4.79 Å². The normalized spacial score (nSPS) is 17.5. The number of fused-ring (bicyclic) bond motifs is 1. The monoisotopic (exact) mass is 307 g/mol. The first-order valence-electron chi connectivity index (χ1n) is 7.76. The Morgan fingerprint density at radius 2 is 2.09 bits per heavy atom. The molecule has 1 aromatic carbocycles. The van der Waals surface area contributed by atoms with Gasteiger partial charge in [0.15, 0.2) is 0 Å². The van der Waals surface area contributed by atoms with Crippen molar-refractivity contribution in [3.05, 3.63) is 54.9 Å². The quantitative estimate of drug-likeness (QED) is 0.809. The minimum Gasteiger partial charge on any atom is -0.368 e. The van der Waals surface area contributed by atoms with Gasteiger partial charge in [-0.1, -0.05) is 18.2 Å². The lowest BCUT2D eigenvalue weighted by Crippen LogP contribution is -2.26. The number of hydrogen-bond acceptors (Lipinski definition) is 3. The van der Waals surface area contributed by atoms with E-state index in [1.807, 2.05) is 59.3 Å². The standard InChI is InChI=1S/C18H17N3O2/c22-18(16-4-3-11-23-16)19-14-8-6-13(7-9-14)15-12-21-10-2-1-5-17(21)20-15/h1-2,5-10,12,16H,3-4,11H2,(H,19,22)/t16-/m1/s1. The summed E-state index contributed by atoms with van der Waals surface area (Å²) in [6.45, 7) is 0.672. The molecule has 1 saturated heterocycles. The van der Waals surface area contributed by atoms with Crippen LogP contribution in [0.25, 0.3) is 16.9 Å². The molecular weight excluding hydrogens is 290 g/mol. The molecule has 5 heteroatoms. The molecule has 2 aromatic heterocycles. The molecule has 0 aliphatic carbocycles. The molecule has 0 bridgehead atoms. The number of nitrogens with zero attached hydrogens (tertiary/aromatic N) is 2. The summed E-state index contributed by atoms with van der Waals surface area (Å²) in [5, 5.41) is 2.90. The zero-order chi connectivity index (χ0) is 15.6. The van der Waals surface area contributed by atoms with Gasteiger partial charge in [0.25, 0.3) is 5.91 Å². The van der Waals surface area contributed by atoms with Crippen molar-refractivity contribution in [2.24, 2.45) is 0 Å². The predicted molar refractivity (Wildman–Crippen MR) is 88.2 cm³/mol. The maximum absolute atomic E-state index is 12.0. The van der Waals surface area contributed by atoms with E-state index in [9.17, 15) is 4.79 Å². The van der Waals surface area contributed by atoms with Crippen LogP contribution in [0.4, 0.5) is 5.69 Å². The van der Waals surface area contributed by atoms with E-state index in [2.05, 4.69) is 10.3 Å². The van der Waals surface area contributed by atoms with Gasteiger partial charge in [0.05, 0.1) is 5.69 Å². The lowest BCUT2D eigenvalue weighted by molar-refractivity contribution is -0.124. The first kappa shape index (κ1) is 14.0. The van der Waals surface area contributed by atoms with Crippen molar-refractivity contribution in [3.63, 3.8) is 0 Å². The van der Waals surface area contributed by atoms with Crippen LogP contribution in [0, 0.1) is 0 Å². The molecule has 4 rings (SSSR count). The molecule has 0 unspecified atom stereocenters. The minimum atomic E-state index is -0.312. The fraction of sp³-hybridized carbons (Fsp3) is 0.222. The lowest BCUT2D eigenvalue weighted by Gasteiger charge is -2.10. The molecule has 1 N–H and O–H groups in total. The molecule has 116 valence electrons. The Morgan fingerprint density at radius 3 is 2.83 bits per heavy atom. The van der Waals surface area contributed by atoms with E-state index in [1.54, 1.807) is 0 Å². The topological polar surface area (TPSA) is 55.6 Å². The van der Waals surface area contributed by atoms with Crippen LogP contribution in [0.1, 0.15) is 12.8 Å². The van der Waals surface area contributed by atoms with Gasteiger partial charge in [0.1, 0.15) is 11.8 Å². The van der Waals surface area contributed by atoms with Crippen LogP contribution < -0.4 is 5.32 Å². The van der Waals surface area contributed by atoms with Crippen molar-refractivity contribution >= 4 is 17.2 Å². The van der Waals surface area contributed by atoms with Gasteiger partial charge >= 0.3 is 0 Å². The Balaban J connectivity index is 1.52. The van der Waals surface area contributed by atoms with E-state index in [4.69, 9.17) is 4.74 Å². The molecule has 3 heterocycles. The molecule has 1 atom stereocenters. The highest BCUT2D eigenvalue weighted by Gasteiger charge is 2.23. The first-order valence-corrected chi connectivity index (χ1v) is 7.76. The zero-order valence-corrected chi connectivity index (χ0v) is 12.6. The highest BCUT2D eigenvalue weighted by molar-refractivity contribution is 5.94. The number of carbonyl (C=O) groups excluding carboxylic acids is 1. The van der Waals surface area contributed by atoms with Crippen molar-refractivity contribution < 1.29 is 9.53 Å². The minimum absolute atomic E-state index is 0.0667. The number of pyridine rings is 1. The van der Waals surface area contributed by atoms with Gasteiger partial charge in [-0.15, -0.1) is 0 Å². The second-order valence-electron chi connectivity index (χ2n) is 5.66. The van der Waals surface area contributed by atoms with Crippen molar-refractivity contribution in [1.29, 1.82) is 0 Å². The average Bonchev–Trinajstić information content (AvgIpc) is 3.25. The average molecular weight is 307 g/mol. The van der Waals surface area contributed by atoms with Gasteiger partial charge in [0.2, 0.25) is 0 Å². The van der Waals surface area contributed by atoms with E-state index in [-0.39, 0.29) is 12.0 Å². The number of aromatic nitrogens is 2. The van der Waals surface area contributed by atoms with Crippen molar-refractivity contribution in [2.75, 3.05) is 11.9 Å². The van der Waals surface area contributed by atoms with E-state index >= 15 is 0 Å². The fourth-order valence-corrected chi connectivity index (χ4v) is 2.81. The maximum atomic E-state index is 12.0. The molecule has 5 nitrogen and oxygen atoms in total. The summed E-state index contributed by atoms with van der Waals surface area (Å²) in [4.78, 5) is 16.6. The molecule has 1 amide bonds. The van der Waals surface area contributed by atoms with Gasteiger partial charge < -0.3 is 14.5 Å². The second-order valence-corrected chi connectivity index (χ2v) is 5.66. The van der Waals surface area contributed by atoms with Crippen molar-refractivity contribution in [2.45, 2.75) is 18.9 Å². The number of rotatable bonds is 3. The first-order chi connectivity index (χ1) is 11.3. The van der Waals surface area contributed by atoms with Gasteiger partial charge in [-0.2, -0.15) is 0 Å². The Morgan fingerprint density at radius 1 is 1.22 bits per heavy atom. The number of ether oxygens (including phenoxy) is 1. The number of nitrogens with one attached hydrogen (secondary N) is 1. The Hall–Kier alpha value is -2.66. The third-order valence-electron chi connectivity index (χ3n) is 4.03. The number of benzene rings is 1. The Bertz CT molecular complexity index is 800. The van der Waals surface area contributed by atoms with E-state index < -0.39 is 0 Å². The van der Waals surface area contributed by atoms with Gasteiger partial charge in [-0.05, 0) is 37.1 Å². The summed E-state index contributed by atoms with van der Waals surface area (Å²) in [6.07, 6.45) is 5.40. The van der Waals surface area contributed by atoms with Crippen LogP contribution in [0.2, 0.25) is 0 Å². The summed E-state index contributed by atoms with van der Waals surface area (Å²) in [5.41, 5.74) is 3.62. The number of imidazole rings is 1. The number of carbonyl (C=O) groups is 1. The third kappa shape index (κ3) is 2.83. The highest BCUT2D eigenvalue weighted by atomic mass is 16.5. The highest BCUT2D eigenvalue weighted by Crippen LogP contribution is 2.22. The summed E-state index contributed by atoms with van der Waals surface area (Å²) in [6, 6.07) is 13.6. The van der Waals surface area contributed by atoms with Crippen molar-refractivity contribution in [1.82, 2.24) is 9.38 Å². The van der Waals surface area contributed by atoms with Crippen LogP contribution >= 0.6 is 0 Å². The van der Waals surface area contributed by atoms with Crippen LogP contribution in [0.15, 0.2) is 54.9 Å². The molecule has 23 heavy (non-hydrogen) atoms. The van der Waals surface area contributed by atoms with Gasteiger partial charge in [-0.25, -0.2) is 4.98 Å². The molecule has 3 aromatic rings. The third-order valence-corrected chi connectivity index (χ3v) is 4.03. The maximum Gasteiger partial charge on any atom is 0.253 e. The number of anilines is 1. The summed E-state index contributed by atoms with van der Waals surface area (Å²) < 4.78 is 7.38. The second kappa shape index (κ2) is 5.85. The number of hydrogen-bond donors (Lipinski definition) is 1. The largest absolute Gasteiger partial charge is 0.368 e. The SMILES string of the molecule is O=C(Nc1ccc(-c2cn3ccccc3n2)cc1)[C@H]1CCCO1. The lowest BCUT2D eigenvalue weighted by atomic mass is 10.1. The van der Waals surface area contributed by atoms with Crippen LogP contribution in [-0.2, 0) is 9.53 Å². The summed E-state index contributed by atoms with van der Waals surface area (Å²) in [7, 11) is 0. The van der Waals surface area contributed by atoms with Crippen LogP contribution in [0.3, 0.4) is 0 Å². The number of amides is 1. The Kier molecular flexibility index (Phi) is 3.55. The predicted octanol–water partition coefficient (Wildman–Crippen LogP) is 3.12. The Labute approximate surface area is 133 Å². The molecular formula is C18H17N3O2. The molecule has 0 saturated carbocycles. The smallest absolute Gasteiger partial charge is 0.253 e. The van der Waals surface area contributed by atoms with Gasteiger partial charge in [0, 0.05) is 30.3 Å².